The van der Waals surface area contributed by atoms with Crippen LogP contribution in [0.15, 0.2) is 12.2 Å². The van der Waals surface area contributed by atoms with Crippen molar-refractivity contribution in [1.29, 1.82) is 0 Å². The standard InChI is InChI=1S/C12H24N2/c1-12(2,3)14-10-9-13-11-7-5-4-6-8-11/h4-5,11,13-14H,6-10H2,1-3H3. The summed E-state index contributed by atoms with van der Waals surface area (Å²) >= 11 is 0. The van der Waals surface area contributed by atoms with Gasteiger partial charge in [0.15, 0.2) is 0 Å². The first-order valence-corrected chi connectivity index (χ1v) is 5.71. The summed E-state index contributed by atoms with van der Waals surface area (Å²) in [5.74, 6) is 0. The van der Waals surface area contributed by atoms with Crippen molar-refractivity contribution in [3.05, 3.63) is 12.2 Å². The van der Waals surface area contributed by atoms with E-state index in [4.69, 9.17) is 0 Å². The van der Waals surface area contributed by atoms with Gasteiger partial charge in [0.05, 0.1) is 0 Å². The van der Waals surface area contributed by atoms with Crippen LogP contribution >= 0.6 is 0 Å². The smallest absolute Gasteiger partial charge is 0.0105 e. The minimum atomic E-state index is 0.244. The van der Waals surface area contributed by atoms with Gasteiger partial charge < -0.3 is 10.6 Å². The van der Waals surface area contributed by atoms with Crippen LogP contribution in [0, 0.1) is 0 Å². The van der Waals surface area contributed by atoms with Gasteiger partial charge in [0, 0.05) is 24.7 Å². The minimum Gasteiger partial charge on any atom is -0.312 e. The maximum Gasteiger partial charge on any atom is 0.0105 e. The lowest BCUT2D eigenvalue weighted by molar-refractivity contribution is 0.401. The first kappa shape index (κ1) is 11.7. The largest absolute Gasteiger partial charge is 0.312 e. The van der Waals surface area contributed by atoms with Crippen LogP contribution in [0.25, 0.3) is 0 Å². The summed E-state index contributed by atoms with van der Waals surface area (Å²) in [5, 5.41) is 7.06. The molecule has 0 heterocycles. The minimum absolute atomic E-state index is 0.244. The first-order valence-electron chi connectivity index (χ1n) is 5.71. The van der Waals surface area contributed by atoms with Crippen LogP contribution in [0.5, 0.6) is 0 Å². The molecule has 2 N–H and O–H groups in total. The summed E-state index contributed by atoms with van der Waals surface area (Å²) in [7, 11) is 0. The molecule has 2 nitrogen and oxygen atoms in total. The van der Waals surface area contributed by atoms with Crippen LogP contribution < -0.4 is 10.6 Å². The average Bonchev–Trinajstić information content (AvgIpc) is 2.13. The maximum atomic E-state index is 3.58. The van der Waals surface area contributed by atoms with Crippen LogP contribution in [0.2, 0.25) is 0 Å². The number of nitrogens with one attached hydrogen (secondary N) is 2. The Hall–Kier alpha value is -0.340. The Morgan fingerprint density at radius 1 is 1.21 bits per heavy atom. The van der Waals surface area contributed by atoms with E-state index >= 15 is 0 Å². The van der Waals surface area contributed by atoms with Crippen molar-refractivity contribution >= 4 is 0 Å². The molecule has 0 amide bonds. The summed E-state index contributed by atoms with van der Waals surface area (Å²) in [4.78, 5) is 0. The van der Waals surface area contributed by atoms with Crippen molar-refractivity contribution in [2.24, 2.45) is 0 Å². The van der Waals surface area contributed by atoms with Gasteiger partial charge >= 0.3 is 0 Å². The van der Waals surface area contributed by atoms with Crippen molar-refractivity contribution in [3.8, 4) is 0 Å². The fraction of sp³-hybridized carbons (Fsp3) is 0.833. The second-order valence-corrected chi connectivity index (χ2v) is 5.11. The Labute approximate surface area is 88.2 Å². The SMILES string of the molecule is CC(C)(C)NCCNC1CC=CCC1. The van der Waals surface area contributed by atoms with Crippen molar-refractivity contribution < 1.29 is 0 Å². The van der Waals surface area contributed by atoms with Gasteiger partial charge in [-0.15, -0.1) is 0 Å². The third kappa shape index (κ3) is 5.40. The Bertz CT molecular complexity index is 179. The van der Waals surface area contributed by atoms with Gasteiger partial charge in [-0.1, -0.05) is 12.2 Å². The van der Waals surface area contributed by atoms with Gasteiger partial charge in [-0.2, -0.15) is 0 Å². The van der Waals surface area contributed by atoms with E-state index < -0.39 is 0 Å². The molecular weight excluding hydrogens is 172 g/mol. The summed E-state index contributed by atoms with van der Waals surface area (Å²) in [6.07, 6.45) is 8.32. The average molecular weight is 196 g/mol. The molecule has 14 heavy (non-hydrogen) atoms. The lowest BCUT2D eigenvalue weighted by Gasteiger charge is -2.23. The predicted molar refractivity (Wildman–Crippen MR) is 62.5 cm³/mol. The molecule has 0 fully saturated rings. The van der Waals surface area contributed by atoms with E-state index in [-0.39, 0.29) is 5.54 Å². The zero-order chi connectivity index (χ0) is 10.4. The predicted octanol–water partition coefficient (Wildman–Crippen LogP) is 2.07. The molecule has 0 aliphatic heterocycles. The molecule has 0 radical (unpaired) electrons. The zero-order valence-electron chi connectivity index (χ0n) is 9.77. The highest BCUT2D eigenvalue weighted by Crippen LogP contribution is 2.09. The molecule has 1 aliphatic carbocycles. The number of hydrogen-bond donors (Lipinski definition) is 2. The fourth-order valence-corrected chi connectivity index (χ4v) is 1.69. The number of hydrogen-bond acceptors (Lipinski definition) is 2. The van der Waals surface area contributed by atoms with Gasteiger partial charge in [-0.3, -0.25) is 0 Å². The molecule has 82 valence electrons. The van der Waals surface area contributed by atoms with Crippen molar-refractivity contribution in [2.75, 3.05) is 13.1 Å². The molecule has 0 saturated heterocycles. The molecule has 0 aromatic carbocycles. The highest BCUT2D eigenvalue weighted by molar-refractivity contribution is 4.92. The molecule has 0 bridgehead atoms. The summed E-state index contributed by atoms with van der Waals surface area (Å²) in [6, 6.07) is 0.710. The van der Waals surface area contributed by atoms with E-state index in [2.05, 4.69) is 43.6 Å². The molecule has 2 heteroatoms. The molecular formula is C12H24N2. The van der Waals surface area contributed by atoms with Crippen molar-refractivity contribution in [3.63, 3.8) is 0 Å². The van der Waals surface area contributed by atoms with Gasteiger partial charge in [0.1, 0.15) is 0 Å². The molecule has 0 aromatic rings. The summed E-state index contributed by atoms with van der Waals surface area (Å²) in [5.41, 5.74) is 0.244. The highest BCUT2D eigenvalue weighted by atomic mass is 15.0. The summed E-state index contributed by atoms with van der Waals surface area (Å²) < 4.78 is 0. The number of rotatable bonds is 4. The lowest BCUT2D eigenvalue weighted by Crippen LogP contribution is -2.42. The summed E-state index contributed by atoms with van der Waals surface area (Å²) in [6.45, 7) is 8.75. The van der Waals surface area contributed by atoms with E-state index in [1.165, 1.54) is 19.3 Å². The van der Waals surface area contributed by atoms with Gasteiger partial charge in [-0.25, -0.2) is 0 Å². The van der Waals surface area contributed by atoms with Crippen LogP contribution in [0.1, 0.15) is 40.0 Å². The quantitative estimate of drug-likeness (QED) is 0.531. The Morgan fingerprint density at radius 2 is 2.00 bits per heavy atom. The fourth-order valence-electron chi connectivity index (χ4n) is 1.69. The van der Waals surface area contributed by atoms with E-state index in [0.717, 1.165) is 13.1 Å². The van der Waals surface area contributed by atoms with Gasteiger partial charge in [0.25, 0.3) is 0 Å². The molecule has 0 aromatic heterocycles. The Balaban J connectivity index is 2.01. The Kier molecular flexibility index (Phi) is 4.63. The van der Waals surface area contributed by atoms with Crippen molar-refractivity contribution in [1.82, 2.24) is 10.6 Å². The van der Waals surface area contributed by atoms with E-state index in [9.17, 15) is 0 Å². The highest BCUT2D eigenvalue weighted by Gasteiger charge is 2.10. The first-order chi connectivity index (χ1) is 6.58. The second-order valence-electron chi connectivity index (χ2n) is 5.11. The van der Waals surface area contributed by atoms with E-state index in [0.29, 0.717) is 6.04 Å². The van der Waals surface area contributed by atoms with Crippen LogP contribution in [-0.2, 0) is 0 Å². The number of allylic oxidation sites excluding steroid dienone is 1. The van der Waals surface area contributed by atoms with E-state index in [1.807, 2.05) is 0 Å². The van der Waals surface area contributed by atoms with Crippen molar-refractivity contribution in [2.45, 2.75) is 51.6 Å². The van der Waals surface area contributed by atoms with Gasteiger partial charge in [-0.05, 0) is 40.0 Å². The second kappa shape index (κ2) is 5.52. The van der Waals surface area contributed by atoms with Crippen LogP contribution in [0.4, 0.5) is 0 Å². The molecule has 1 aliphatic rings. The third-order valence-electron chi connectivity index (χ3n) is 2.48. The molecule has 1 atom stereocenters. The lowest BCUT2D eigenvalue weighted by atomic mass is 10.0. The van der Waals surface area contributed by atoms with Gasteiger partial charge in [0.2, 0.25) is 0 Å². The zero-order valence-corrected chi connectivity index (χ0v) is 9.77. The van der Waals surface area contributed by atoms with Crippen LogP contribution in [0.3, 0.4) is 0 Å². The van der Waals surface area contributed by atoms with E-state index in [1.54, 1.807) is 0 Å². The maximum absolute atomic E-state index is 3.58. The van der Waals surface area contributed by atoms with Crippen LogP contribution in [-0.4, -0.2) is 24.7 Å². The normalized spacial score (nSPS) is 22.6. The monoisotopic (exact) mass is 196 g/mol. The molecule has 0 spiro atoms. The molecule has 0 saturated carbocycles. The molecule has 1 rings (SSSR count). The molecule has 1 unspecified atom stereocenters. The third-order valence-corrected chi connectivity index (χ3v) is 2.48. The topological polar surface area (TPSA) is 24.1 Å². The Morgan fingerprint density at radius 3 is 2.57 bits per heavy atom.